The number of quaternary nitrogens is 1. The molecule has 2 atom stereocenters. The fourth-order valence-electron chi connectivity index (χ4n) is 6.51. The lowest BCUT2D eigenvalue weighted by Gasteiger charge is -2.31. The van der Waals surface area contributed by atoms with E-state index >= 15 is 0 Å². The zero-order valence-corrected chi connectivity index (χ0v) is 43.2. The van der Waals surface area contributed by atoms with Crippen molar-refractivity contribution < 1.29 is 38.2 Å². The molecule has 68 heavy (non-hydrogen) atoms. The van der Waals surface area contributed by atoms with Crippen LogP contribution >= 0.6 is 0 Å². The van der Waals surface area contributed by atoms with E-state index in [1.54, 1.807) is 0 Å². The molecule has 0 amide bonds. The molecule has 0 aromatic carbocycles. The standard InChI is InChI=1S/C60H93NO7/c1-6-8-10-12-14-16-18-20-22-24-26-28-29-31-32-34-36-38-40-42-44-46-48-50-58(62)67-55-56(54-66-53-52-57(60(64)65)61(3,4)5)68-59(63)51-49-47-45-43-41-39-37-35-33-30-27-25-23-21-19-17-15-13-11-9-7-2/h8,10,14-17,20-23,26-28,30-32,35-38,41-44,56-57H,6-7,9,11-13,18-19,24-25,29,33-34,39-40,45-55H2,1-5H3/p+1/b10-8+,16-14+,17-15+,22-20+,23-21+,28-26+,30-27+,32-31+,37-35+,38-36+,43-41+,44-42+. The number of rotatable bonds is 44. The van der Waals surface area contributed by atoms with E-state index in [2.05, 4.69) is 160 Å². The molecule has 0 bridgehead atoms. The van der Waals surface area contributed by atoms with Gasteiger partial charge in [0.1, 0.15) is 6.61 Å². The van der Waals surface area contributed by atoms with Crippen molar-refractivity contribution >= 4 is 17.9 Å². The molecule has 0 aliphatic carbocycles. The first-order valence-electron chi connectivity index (χ1n) is 25.9. The van der Waals surface area contributed by atoms with Crippen molar-refractivity contribution in [3.8, 4) is 0 Å². The summed E-state index contributed by atoms with van der Waals surface area (Å²) in [4.78, 5) is 37.2. The van der Waals surface area contributed by atoms with Crippen LogP contribution in [0, 0.1) is 0 Å². The van der Waals surface area contributed by atoms with Crippen molar-refractivity contribution in [2.24, 2.45) is 0 Å². The normalized spacial score (nSPS) is 14.1. The maximum atomic E-state index is 12.8. The number of likely N-dealkylation sites (N-methyl/N-ethyl adjacent to an activating group) is 1. The maximum Gasteiger partial charge on any atom is 0.362 e. The molecule has 1 N–H and O–H groups in total. The van der Waals surface area contributed by atoms with Gasteiger partial charge in [0.2, 0.25) is 0 Å². The van der Waals surface area contributed by atoms with Crippen LogP contribution in [-0.4, -0.2) is 80.6 Å². The number of hydrogen-bond donors (Lipinski definition) is 1. The van der Waals surface area contributed by atoms with Gasteiger partial charge in [-0.2, -0.15) is 0 Å². The van der Waals surface area contributed by atoms with E-state index < -0.39 is 18.1 Å². The lowest BCUT2D eigenvalue weighted by atomic mass is 10.1. The Balaban J connectivity index is 4.48. The first kappa shape index (κ1) is 63.2. The van der Waals surface area contributed by atoms with Crippen molar-refractivity contribution in [3.05, 3.63) is 146 Å². The summed E-state index contributed by atoms with van der Waals surface area (Å²) >= 11 is 0. The molecule has 8 heteroatoms. The van der Waals surface area contributed by atoms with Crippen LogP contribution in [0.2, 0.25) is 0 Å². The summed E-state index contributed by atoms with van der Waals surface area (Å²) in [6.45, 7) is 4.46. The molecule has 0 heterocycles. The van der Waals surface area contributed by atoms with E-state index in [1.807, 2.05) is 21.1 Å². The molecule has 0 spiro atoms. The highest BCUT2D eigenvalue weighted by Crippen LogP contribution is 2.11. The number of carbonyl (C=O) groups excluding carboxylic acids is 2. The fourth-order valence-corrected chi connectivity index (χ4v) is 6.51. The molecular formula is C60H94NO7+. The third-order valence-corrected chi connectivity index (χ3v) is 10.5. The number of unbranched alkanes of at least 4 members (excludes halogenated alkanes) is 6. The largest absolute Gasteiger partial charge is 0.477 e. The molecule has 0 fully saturated rings. The van der Waals surface area contributed by atoms with Gasteiger partial charge in [-0.1, -0.05) is 173 Å². The van der Waals surface area contributed by atoms with Crippen molar-refractivity contribution in [1.29, 1.82) is 0 Å². The lowest BCUT2D eigenvalue weighted by molar-refractivity contribution is -0.887. The van der Waals surface area contributed by atoms with Crippen molar-refractivity contribution in [3.63, 3.8) is 0 Å². The van der Waals surface area contributed by atoms with Crippen molar-refractivity contribution in [2.45, 2.75) is 174 Å². The number of hydrogen-bond acceptors (Lipinski definition) is 6. The molecule has 0 aromatic rings. The highest BCUT2D eigenvalue weighted by molar-refractivity contribution is 5.72. The first-order chi connectivity index (χ1) is 33.1. The van der Waals surface area contributed by atoms with Crippen LogP contribution in [0.5, 0.6) is 0 Å². The van der Waals surface area contributed by atoms with Gasteiger partial charge in [0.25, 0.3) is 0 Å². The van der Waals surface area contributed by atoms with Gasteiger partial charge in [0.05, 0.1) is 34.4 Å². The summed E-state index contributed by atoms with van der Waals surface area (Å²) in [7, 11) is 5.48. The van der Waals surface area contributed by atoms with Crippen LogP contribution in [-0.2, 0) is 28.6 Å². The third kappa shape index (κ3) is 46.3. The van der Waals surface area contributed by atoms with Gasteiger partial charge in [-0.3, -0.25) is 9.59 Å². The van der Waals surface area contributed by atoms with Crippen LogP contribution in [0.3, 0.4) is 0 Å². The number of carboxylic acid groups (broad SMARTS) is 1. The average Bonchev–Trinajstić information content (AvgIpc) is 3.30. The Morgan fingerprint density at radius 3 is 1.21 bits per heavy atom. The van der Waals surface area contributed by atoms with E-state index in [-0.39, 0.29) is 49.1 Å². The summed E-state index contributed by atoms with van der Waals surface area (Å²) in [5.74, 6) is -1.62. The molecule has 2 unspecified atom stereocenters. The highest BCUT2D eigenvalue weighted by atomic mass is 16.6. The summed E-state index contributed by atoms with van der Waals surface area (Å²) in [5.41, 5.74) is 0. The predicted molar refractivity (Wildman–Crippen MR) is 288 cm³/mol. The third-order valence-electron chi connectivity index (χ3n) is 10.5. The van der Waals surface area contributed by atoms with Crippen LogP contribution in [0.15, 0.2) is 146 Å². The van der Waals surface area contributed by atoms with Crippen LogP contribution in [0.4, 0.5) is 0 Å². The van der Waals surface area contributed by atoms with Gasteiger partial charge in [-0.05, 0) is 116 Å². The zero-order chi connectivity index (χ0) is 49.9. The lowest BCUT2D eigenvalue weighted by Crippen LogP contribution is -2.50. The van der Waals surface area contributed by atoms with E-state index in [0.717, 1.165) is 89.9 Å². The smallest absolute Gasteiger partial charge is 0.362 e. The minimum absolute atomic E-state index is 0.0139. The van der Waals surface area contributed by atoms with Crippen LogP contribution in [0.1, 0.15) is 162 Å². The number of carboxylic acids is 1. The summed E-state index contributed by atoms with van der Waals surface area (Å²) in [6, 6.07) is -0.643. The number of carbonyl (C=O) groups is 3. The number of nitrogens with zero attached hydrogens (tertiary/aromatic N) is 1. The minimum Gasteiger partial charge on any atom is -0.477 e. The molecule has 8 nitrogen and oxygen atoms in total. The monoisotopic (exact) mass is 941 g/mol. The molecule has 0 aromatic heterocycles. The van der Waals surface area contributed by atoms with Gasteiger partial charge in [-0.15, -0.1) is 0 Å². The maximum absolute atomic E-state index is 12.8. The number of aliphatic carboxylic acids is 1. The molecule has 0 rings (SSSR count). The zero-order valence-electron chi connectivity index (χ0n) is 43.2. The van der Waals surface area contributed by atoms with Gasteiger partial charge in [-0.25, -0.2) is 4.79 Å². The van der Waals surface area contributed by atoms with E-state index in [0.29, 0.717) is 19.3 Å². The molecular weight excluding hydrogens is 847 g/mol. The Morgan fingerprint density at radius 2 is 0.824 bits per heavy atom. The van der Waals surface area contributed by atoms with Gasteiger partial charge >= 0.3 is 17.9 Å². The fraction of sp³-hybridized carbons (Fsp3) is 0.550. The van der Waals surface area contributed by atoms with Crippen LogP contribution in [0.25, 0.3) is 0 Å². The summed E-state index contributed by atoms with van der Waals surface area (Å²) in [5, 5.41) is 9.66. The Bertz CT molecular complexity index is 1610. The summed E-state index contributed by atoms with van der Waals surface area (Å²) < 4.78 is 17.2. The molecule has 0 aliphatic rings. The molecule has 0 saturated carbocycles. The van der Waals surface area contributed by atoms with Crippen LogP contribution < -0.4 is 0 Å². The van der Waals surface area contributed by atoms with E-state index in [4.69, 9.17) is 14.2 Å². The highest BCUT2D eigenvalue weighted by Gasteiger charge is 2.31. The number of allylic oxidation sites excluding steroid dienone is 24. The second-order valence-corrected chi connectivity index (χ2v) is 17.7. The second kappa shape index (κ2) is 48.7. The molecule has 0 radical (unpaired) electrons. The van der Waals surface area contributed by atoms with E-state index in [9.17, 15) is 19.5 Å². The number of esters is 2. The predicted octanol–water partition coefficient (Wildman–Crippen LogP) is 15.3. The Labute approximate surface area is 415 Å². The first-order valence-corrected chi connectivity index (χ1v) is 25.9. The van der Waals surface area contributed by atoms with Crippen molar-refractivity contribution in [2.75, 3.05) is 41.0 Å². The molecule has 0 saturated heterocycles. The Kier molecular flexibility index (Phi) is 45.2. The molecule has 380 valence electrons. The quantitative estimate of drug-likeness (QED) is 0.0281. The van der Waals surface area contributed by atoms with Crippen molar-refractivity contribution in [1.82, 2.24) is 0 Å². The SMILES string of the molecule is CC/C=C/C/C=C/C/C=C/C/C=C/C/C=C/C/C=C/C/C=C/CCCC(=O)OCC(COCCC(C(=O)O)[N+](C)(C)C)OC(=O)CCCC/C=C/C/C=C/C/C=C/C/C=C/C/C=C/CCCCC. The van der Waals surface area contributed by atoms with Gasteiger partial charge in [0.15, 0.2) is 12.1 Å². The topological polar surface area (TPSA) is 99.1 Å². The molecule has 0 aliphatic heterocycles. The van der Waals surface area contributed by atoms with Gasteiger partial charge in [0, 0.05) is 19.3 Å². The minimum atomic E-state index is -0.896. The Hall–Kier alpha value is -4.79. The summed E-state index contributed by atoms with van der Waals surface area (Å²) in [6.07, 6.45) is 71.9. The number of ether oxygens (including phenoxy) is 3. The Morgan fingerprint density at radius 1 is 0.456 bits per heavy atom. The van der Waals surface area contributed by atoms with Gasteiger partial charge < -0.3 is 23.8 Å². The van der Waals surface area contributed by atoms with E-state index in [1.165, 1.54) is 25.7 Å². The average molecular weight is 941 g/mol. The second-order valence-electron chi connectivity index (χ2n) is 17.7.